The number of nitrogens with zero attached hydrogens (tertiary/aromatic N) is 3. The SMILES string of the molecule is C=CCN(C)C(=O)[C@@H]1[C@H]2C(=O)N(CCCO)C(C(=O)N(CC=C)c3ccc(Cl)cc3)C23CC[C@@]1(C)S3. The van der Waals surface area contributed by atoms with Crippen LogP contribution in [0.2, 0.25) is 5.02 Å². The van der Waals surface area contributed by atoms with Crippen molar-refractivity contribution in [2.45, 2.75) is 41.7 Å². The number of rotatable bonds is 10. The molecule has 1 N–H and O–H groups in total. The Morgan fingerprint density at radius 3 is 2.47 bits per heavy atom. The number of benzene rings is 1. The van der Waals surface area contributed by atoms with Gasteiger partial charge in [0, 0.05) is 48.7 Å². The molecule has 3 heterocycles. The average Bonchev–Trinajstić information content (AvgIpc) is 3.42. The fraction of sp³-hybridized carbons (Fsp3) is 0.519. The zero-order chi connectivity index (χ0) is 26.3. The fourth-order valence-electron chi connectivity index (χ4n) is 6.30. The number of carbonyl (C=O) groups excluding carboxylic acids is 3. The molecule has 5 atom stereocenters. The Bertz CT molecular complexity index is 1070. The third kappa shape index (κ3) is 4.17. The number of likely N-dealkylation sites (N-methyl/N-ethyl adjacent to an activating group) is 1. The van der Waals surface area contributed by atoms with E-state index in [1.807, 2.05) is 0 Å². The van der Waals surface area contributed by atoms with Crippen molar-refractivity contribution in [2.24, 2.45) is 11.8 Å². The molecule has 0 saturated carbocycles. The van der Waals surface area contributed by atoms with E-state index in [4.69, 9.17) is 11.6 Å². The number of hydrogen-bond acceptors (Lipinski definition) is 5. The van der Waals surface area contributed by atoms with E-state index < -0.39 is 27.4 Å². The Morgan fingerprint density at radius 2 is 1.86 bits per heavy atom. The van der Waals surface area contributed by atoms with E-state index in [1.165, 1.54) is 0 Å². The summed E-state index contributed by atoms with van der Waals surface area (Å²) in [7, 11) is 1.73. The molecule has 1 spiro atoms. The van der Waals surface area contributed by atoms with E-state index in [1.54, 1.807) is 69.9 Å². The minimum atomic E-state index is -0.744. The van der Waals surface area contributed by atoms with Gasteiger partial charge >= 0.3 is 0 Å². The molecule has 194 valence electrons. The summed E-state index contributed by atoms with van der Waals surface area (Å²) in [4.78, 5) is 46.9. The zero-order valence-electron chi connectivity index (χ0n) is 20.9. The molecule has 3 fully saturated rings. The molecule has 0 aromatic heterocycles. The van der Waals surface area contributed by atoms with Gasteiger partial charge in [-0.1, -0.05) is 23.8 Å². The quantitative estimate of drug-likeness (QED) is 0.468. The van der Waals surface area contributed by atoms with Crippen molar-refractivity contribution >= 4 is 46.8 Å². The van der Waals surface area contributed by atoms with Crippen LogP contribution in [0.15, 0.2) is 49.6 Å². The third-order valence-corrected chi connectivity index (χ3v) is 10.1. The van der Waals surface area contributed by atoms with Gasteiger partial charge in [-0.15, -0.1) is 24.9 Å². The van der Waals surface area contributed by atoms with Crippen LogP contribution in [-0.2, 0) is 14.4 Å². The zero-order valence-corrected chi connectivity index (χ0v) is 22.4. The third-order valence-electron chi connectivity index (χ3n) is 7.83. The monoisotopic (exact) mass is 531 g/mol. The van der Waals surface area contributed by atoms with Crippen LogP contribution >= 0.6 is 23.4 Å². The van der Waals surface area contributed by atoms with E-state index in [0.717, 1.165) is 6.42 Å². The lowest BCUT2D eigenvalue weighted by atomic mass is 9.66. The molecule has 3 aliphatic heterocycles. The standard InChI is InChI=1S/C27H34ClN3O4S/c1-5-14-29(4)23(33)20-21-24(34)31(16-7-17-32)22(27(21)13-12-26(20,3)36-27)25(35)30(15-6-2)19-10-8-18(28)9-11-19/h5-6,8-11,20-22,32H,1-2,7,12-17H2,3-4H3/t20-,21-,22?,26+,27?/m0/s1. The molecule has 3 saturated heterocycles. The molecule has 2 bridgehead atoms. The van der Waals surface area contributed by atoms with E-state index in [9.17, 15) is 19.5 Å². The minimum Gasteiger partial charge on any atom is -0.396 e. The van der Waals surface area contributed by atoms with Crippen LogP contribution in [0.1, 0.15) is 26.2 Å². The number of aliphatic hydroxyl groups excluding tert-OH is 1. The lowest BCUT2D eigenvalue weighted by Crippen LogP contribution is -2.55. The second-order valence-corrected chi connectivity index (χ2v) is 12.4. The van der Waals surface area contributed by atoms with Gasteiger partial charge in [-0.2, -0.15) is 0 Å². The van der Waals surface area contributed by atoms with Gasteiger partial charge in [-0.25, -0.2) is 0 Å². The number of carbonyl (C=O) groups is 3. The first-order chi connectivity index (χ1) is 17.1. The summed E-state index contributed by atoms with van der Waals surface area (Å²) in [6, 6.07) is 6.28. The summed E-state index contributed by atoms with van der Waals surface area (Å²) in [5, 5.41) is 10.1. The number of aliphatic hydroxyl groups is 1. The van der Waals surface area contributed by atoms with E-state index in [-0.39, 0.29) is 37.4 Å². The van der Waals surface area contributed by atoms with Crippen LogP contribution in [0.3, 0.4) is 0 Å². The Balaban J connectivity index is 1.79. The highest BCUT2D eigenvalue weighted by molar-refractivity contribution is 8.02. The van der Waals surface area contributed by atoms with Crippen LogP contribution in [0.4, 0.5) is 5.69 Å². The topological polar surface area (TPSA) is 81.2 Å². The maximum Gasteiger partial charge on any atom is 0.251 e. The summed E-state index contributed by atoms with van der Waals surface area (Å²) < 4.78 is -1.14. The van der Waals surface area contributed by atoms with Gasteiger partial charge in [-0.3, -0.25) is 14.4 Å². The normalized spacial score (nSPS) is 30.3. The molecular formula is C27H34ClN3O4S. The van der Waals surface area contributed by atoms with Crippen LogP contribution < -0.4 is 4.90 Å². The Hall–Kier alpha value is -2.29. The molecule has 3 amide bonds. The Morgan fingerprint density at radius 1 is 1.19 bits per heavy atom. The summed E-state index contributed by atoms with van der Waals surface area (Å²) in [5.74, 6) is -1.57. The van der Waals surface area contributed by atoms with Crippen molar-refractivity contribution < 1.29 is 19.5 Å². The van der Waals surface area contributed by atoms with Crippen LogP contribution in [-0.4, -0.2) is 81.5 Å². The second-order valence-electron chi connectivity index (χ2n) is 10.1. The predicted molar refractivity (Wildman–Crippen MR) is 144 cm³/mol. The lowest BCUT2D eigenvalue weighted by molar-refractivity contribution is -0.144. The molecule has 4 rings (SSSR count). The number of fused-ring (bicyclic) bond motifs is 1. The van der Waals surface area contributed by atoms with Gasteiger partial charge in [-0.05, 0) is 50.5 Å². The number of thioether (sulfide) groups is 1. The van der Waals surface area contributed by atoms with Gasteiger partial charge in [0.2, 0.25) is 11.8 Å². The van der Waals surface area contributed by atoms with Crippen molar-refractivity contribution in [1.82, 2.24) is 9.80 Å². The van der Waals surface area contributed by atoms with Gasteiger partial charge in [0.05, 0.1) is 16.6 Å². The molecule has 3 aliphatic rings. The van der Waals surface area contributed by atoms with Crippen molar-refractivity contribution in [2.75, 3.05) is 38.2 Å². The first-order valence-corrected chi connectivity index (χ1v) is 13.5. The summed E-state index contributed by atoms with van der Waals surface area (Å²) >= 11 is 7.73. The van der Waals surface area contributed by atoms with Crippen LogP contribution in [0, 0.1) is 11.8 Å². The maximum atomic E-state index is 14.3. The molecule has 2 unspecified atom stereocenters. The molecule has 0 radical (unpaired) electrons. The second kappa shape index (κ2) is 10.2. The van der Waals surface area contributed by atoms with E-state index in [0.29, 0.717) is 30.1 Å². The highest BCUT2D eigenvalue weighted by Crippen LogP contribution is 2.71. The van der Waals surface area contributed by atoms with Gasteiger partial charge in [0.1, 0.15) is 6.04 Å². The van der Waals surface area contributed by atoms with E-state index in [2.05, 4.69) is 20.1 Å². The molecule has 9 heteroatoms. The highest BCUT2D eigenvalue weighted by atomic mass is 35.5. The molecule has 0 aliphatic carbocycles. The molecule has 7 nitrogen and oxygen atoms in total. The maximum absolute atomic E-state index is 14.3. The molecule has 1 aromatic carbocycles. The lowest BCUT2D eigenvalue weighted by Gasteiger charge is -2.37. The van der Waals surface area contributed by atoms with Crippen molar-refractivity contribution in [3.63, 3.8) is 0 Å². The Kier molecular flexibility index (Phi) is 7.60. The number of likely N-dealkylation sites (tertiary alicyclic amines) is 1. The predicted octanol–water partition coefficient (Wildman–Crippen LogP) is 3.37. The first-order valence-electron chi connectivity index (χ1n) is 12.3. The van der Waals surface area contributed by atoms with Crippen LogP contribution in [0.25, 0.3) is 0 Å². The molecule has 1 aromatic rings. The van der Waals surface area contributed by atoms with E-state index >= 15 is 0 Å². The minimum absolute atomic E-state index is 0.0827. The molecular weight excluding hydrogens is 498 g/mol. The first kappa shape index (κ1) is 26.8. The number of hydrogen-bond donors (Lipinski definition) is 1. The van der Waals surface area contributed by atoms with Gasteiger partial charge in [0.15, 0.2) is 0 Å². The highest BCUT2D eigenvalue weighted by Gasteiger charge is 2.77. The number of halogens is 1. The average molecular weight is 532 g/mol. The number of amides is 3. The smallest absolute Gasteiger partial charge is 0.251 e. The van der Waals surface area contributed by atoms with Crippen molar-refractivity contribution in [1.29, 1.82) is 0 Å². The van der Waals surface area contributed by atoms with Gasteiger partial charge in [0.25, 0.3) is 5.91 Å². The van der Waals surface area contributed by atoms with Crippen molar-refractivity contribution in [3.8, 4) is 0 Å². The Labute approximate surface area is 222 Å². The summed E-state index contributed by atoms with van der Waals surface area (Å²) in [6.45, 7) is 10.5. The van der Waals surface area contributed by atoms with Crippen molar-refractivity contribution in [3.05, 3.63) is 54.6 Å². The largest absolute Gasteiger partial charge is 0.396 e. The fourth-order valence-corrected chi connectivity index (χ4v) is 8.77. The summed E-state index contributed by atoms with van der Waals surface area (Å²) in [6.07, 6.45) is 5.12. The molecule has 36 heavy (non-hydrogen) atoms. The number of anilines is 1. The van der Waals surface area contributed by atoms with Gasteiger partial charge < -0.3 is 19.8 Å². The van der Waals surface area contributed by atoms with Crippen LogP contribution in [0.5, 0.6) is 0 Å². The summed E-state index contributed by atoms with van der Waals surface area (Å²) in [5.41, 5.74) is 0.667.